The van der Waals surface area contributed by atoms with Crippen LogP contribution in [0.15, 0.2) is 5.38 Å². The second-order valence-corrected chi connectivity index (χ2v) is 6.05. The molecule has 1 saturated heterocycles. The molecule has 0 aliphatic carbocycles. The highest BCUT2D eigenvalue weighted by Gasteiger charge is 2.52. The summed E-state index contributed by atoms with van der Waals surface area (Å²) in [5.74, 6) is 0. The zero-order chi connectivity index (χ0) is 11.3. The second-order valence-electron chi connectivity index (χ2n) is 4.61. The molecule has 0 aromatic carbocycles. The van der Waals surface area contributed by atoms with E-state index in [0.717, 1.165) is 5.59 Å². The first-order chi connectivity index (χ1) is 6.82. The van der Waals surface area contributed by atoms with Crippen molar-refractivity contribution in [1.29, 1.82) is 0 Å². The Kier molecular flexibility index (Phi) is 2.62. The maximum Gasteiger partial charge on any atom is 0.515 e. The number of hydrogen-bond donors (Lipinski definition) is 0. The third-order valence-corrected chi connectivity index (χ3v) is 3.99. The predicted molar refractivity (Wildman–Crippen MR) is 62.8 cm³/mol. The molecular formula is C9H13BClNO2S. The first kappa shape index (κ1) is 11.4. The van der Waals surface area contributed by atoms with Crippen molar-refractivity contribution in [2.75, 3.05) is 0 Å². The van der Waals surface area contributed by atoms with Crippen molar-refractivity contribution >= 4 is 35.6 Å². The summed E-state index contributed by atoms with van der Waals surface area (Å²) in [5, 5.41) is 1.87. The number of thiazole rings is 1. The van der Waals surface area contributed by atoms with Gasteiger partial charge in [-0.3, -0.25) is 0 Å². The number of aromatic nitrogens is 1. The van der Waals surface area contributed by atoms with Gasteiger partial charge in [0.2, 0.25) is 0 Å². The van der Waals surface area contributed by atoms with E-state index >= 15 is 0 Å². The highest BCUT2D eigenvalue weighted by molar-refractivity contribution is 7.14. The third kappa shape index (κ3) is 1.94. The molecule has 1 aromatic rings. The normalized spacial score (nSPS) is 23.4. The van der Waals surface area contributed by atoms with Gasteiger partial charge in [-0.05, 0) is 27.7 Å². The maximum absolute atomic E-state index is 5.83. The van der Waals surface area contributed by atoms with Gasteiger partial charge < -0.3 is 9.31 Å². The topological polar surface area (TPSA) is 31.4 Å². The molecule has 0 spiro atoms. The van der Waals surface area contributed by atoms with E-state index in [1.807, 2.05) is 33.1 Å². The lowest BCUT2D eigenvalue weighted by molar-refractivity contribution is 0.00578. The van der Waals surface area contributed by atoms with E-state index in [4.69, 9.17) is 20.9 Å². The summed E-state index contributed by atoms with van der Waals surface area (Å²) >= 11 is 7.16. The minimum atomic E-state index is -0.404. The standard InChI is InChI=1S/C9H13BClNO2S/c1-8(2)9(3,4)14-10(13-8)6-5-15-7(11)12-6/h5H,1-4H3. The van der Waals surface area contributed by atoms with E-state index in [0.29, 0.717) is 4.47 Å². The molecule has 1 aromatic heterocycles. The van der Waals surface area contributed by atoms with Gasteiger partial charge in [0.25, 0.3) is 0 Å². The van der Waals surface area contributed by atoms with E-state index in [2.05, 4.69) is 4.98 Å². The first-order valence-electron chi connectivity index (χ1n) is 4.78. The number of nitrogens with zero attached hydrogens (tertiary/aromatic N) is 1. The van der Waals surface area contributed by atoms with Crippen molar-refractivity contribution < 1.29 is 9.31 Å². The molecule has 0 bridgehead atoms. The Labute approximate surface area is 98.9 Å². The van der Waals surface area contributed by atoms with Gasteiger partial charge in [-0.1, -0.05) is 11.6 Å². The van der Waals surface area contributed by atoms with Crippen LogP contribution in [0, 0.1) is 0 Å². The molecule has 6 heteroatoms. The van der Waals surface area contributed by atoms with Gasteiger partial charge >= 0.3 is 7.12 Å². The summed E-state index contributed by atoms with van der Waals surface area (Å²) in [6.45, 7) is 8.06. The predicted octanol–water partition coefficient (Wildman–Crippen LogP) is 2.10. The molecular weight excluding hydrogens is 232 g/mol. The van der Waals surface area contributed by atoms with Crippen molar-refractivity contribution in [2.45, 2.75) is 38.9 Å². The van der Waals surface area contributed by atoms with E-state index < -0.39 is 7.12 Å². The van der Waals surface area contributed by atoms with Gasteiger partial charge in [0.15, 0.2) is 4.47 Å². The summed E-state index contributed by atoms with van der Waals surface area (Å²) in [4.78, 5) is 4.16. The molecule has 0 atom stereocenters. The highest BCUT2D eigenvalue weighted by Crippen LogP contribution is 2.36. The molecule has 2 rings (SSSR count). The van der Waals surface area contributed by atoms with Crippen molar-refractivity contribution in [1.82, 2.24) is 4.98 Å². The van der Waals surface area contributed by atoms with E-state index in [1.165, 1.54) is 11.3 Å². The molecule has 1 fully saturated rings. The maximum atomic E-state index is 5.83. The summed E-state index contributed by atoms with van der Waals surface area (Å²) < 4.78 is 12.2. The van der Waals surface area contributed by atoms with Gasteiger partial charge in [0.05, 0.1) is 16.8 Å². The molecule has 15 heavy (non-hydrogen) atoms. The van der Waals surface area contributed by atoms with Crippen LogP contribution in [-0.2, 0) is 9.31 Å². The van der Waals surface area contributed by atoms with Crippen LogP contribution in [0.2, 0.25) is 4.47 Å². The summed E-state index contributed by atoms with van der Waals surface area (Å²) in [6, 6.07) is 0. The molecule has 1 aliphatic heterocycles. The summed E-state index contributed by atoms with van der Waals surface area (Å²) in [6.07, 6.45) is 0. The number of rotatable bonds is 1. The van der Waals surface area contributed by atoms with Gasteiger partial charge in [-0.25, -0.2) is 4.98 Å². The Morgan fingerprint density at radius 1 is 1.27 bits per heavy atom. The van der Waals surface area contributed by atoms with Crippen LogP contribution in [0.25, 0.3) is 0 Å². The SMILES string of the molecule is CC1(C)OB(c2csc(Cl)n2)OC1(C)C. The zero-order valence-electron chi connectivity index (χ0n) is 9.20. The quantitative estimate of drug-likeness (QED) is 0.710. The lowest BCUT2D eigenvalue weighted by Gasteiger charge is -2.32. The number of hydrogen-bond acceptors (Lipinski definition) is 4. The average molecular weight is 246 g/mol. The highest BCUT2D eigenvalue weighted by atomic mass is 35.5. The lowest BCUT2D eigenvalue weighted by atomic mass is 9.86. The fraction of sp³-hybridized carbons (Fsp3) is 0.667. The van der Waals surface area contributed by atoms with Crippen molar-refractivity contribution in [3.8, 4) is 0 Å². The van der Waals surface area contributed by atoms with E-state index in [1.54, 1.807) is 0 Å². The summed E-state index contributed by atoms with van der Waals surface area (Å²) in [5.41, 5.74) is 0.102. The zero-order valence-corrected chi connectivity index (χ0v) is 10.8. The summed E-state index contributed by atoms with van der Waals surface area (Å²) in [7, 11) is -0.404. The van der Waals surface area contributed by atoms with E-state index in [9.17, 15) is 0 Å². The smallest absolute Gasteiger partial charge is 0.398 e. The Balaban J connectivity index is 2.23. The third-order valence-electron chi connectivity index (χ3n) is 2.99. The van der Waals surface area contributed by atoms with Crippen molar-refractivity contribution in [2.24, 2.45) is 0 Å². The van der Waals surface area contributed by atoms with Crippen LogP contribution in [-0.4, -0.2) is 23.3 Å². The minimum absolute atomic E-state index is 0.326. The lowest BCUT2D eigenvalue weighted by Crippen LogP contribution is -2.41. The second kappa shape index (κ2) is 3.45. The van der Waals surface area contributed by atoms with Crippen LogP contribution >= 0.6 is 22.9 Å². The number of halogens is 1. The molecule has 0 amide bonds. The fourth-order valence-corrected chi connectivity index (χ4v) is 2.11. The molecule has 3 nitrogen and oxygen atoms in total. The molecule has 0 N–H and O–H groups in total. The van der Waals surface area contributed by atoms with Crippen LogP contribution in [0.5, 0.6) is 0 Å². The van der Waals surface area contributed by atoms with Gasteiger partial charge in [-0.15, -0.1) is 11.3 Å². The fourth-order valence-electron chi connectivity index (χ4n) is 1.34. The average Bonchev–Trinajstić information content (AvgIpc) is 2.56. The largest absolute Gasteiger partial charge is 0.515 e. The molecule has 1 aliphatic rings. The molecule has 0 unspecified atom stereocenters. The van der Waals surface area contributed by atoms with Gasteiger partial charge in [-0.2, -0.15) is 0 Å². The first-order valence-corrected chi connectivity index (χ1v) is 6.04. The molecule has 0 radical (unpaired) electrons. The van der Waals surface area contributed by atoms with Crippen LogP contribution in [0.3, 0.4) is 0 Å². The van der Waals surface area contributed by atoms with E-state index in [-0.39, 0.29) is 11.2 Å². The van der Waals surface area contributed by atoms with Crippen molar-refractivity contribution in [3.05, 3.63) is 9.85 Å². The Morgan fingerprint density at radius 3 is 2.20 bits per heavy atom. The minimum Gasteiger partial charge on any atom is -0.398 e. The van der Waals surface area contributed by atoms with Gasteiger partial charge in [0.1, 0.15) is 0 Å². The van der Waals surface area contributed by atoms with Crippen molar-refractivity contribution in [3.63, 3.8) is 0 Å². The van der Waals surface area contributed by atoms with Crippen LogP contribution in [0.1, 0.15) is 27.7 Å². The molecule has 2 heterocycles. The molecule has 0 saturated carbocycles. The van der Waals surface area contributed by atoms with Crippen LogP contribution in [0.4, 0.5) is 0 Å². The Bertz CT molecular complexity index is 364. The van der Waals surface area contributed by atoms with Gasteiger partial charge in [0, 0.05) is 5.38 Å². The van der Waals surface area contributed by atoms with Crippen LogP contribution < -0.4 is 5.59 Å². The monoisotopic (exact) mass is 245 g/mol. The molecule has 82 valence electrons. The Hall–Kier alpha value is -0.0951. The Morgan fingerprint density at radius 2 is 1.80 bits per heavy atom.